The van der Waals surface area contributed by atoms with E-state index in [-0.39, 0.29) is 0 Å². The molecule has 2 unspecified atom stereocenters. The molecule has 0 saturated carbocycles. The third-order valence-electron chi connectivity index (χ3n) is 3.82. The number of likely N-dealkylation sites (N-methyl/N-ethyl adjacent to an activating group) is 1. The summed E-state index contributed by atoms with van der Waals surface area (Å²) in [5, 5.41) is 3.52. The van der Waals surface area contributed by atoms with E-state index in [4.69, 9.17) is 0 Å². The summed E-state index contributed by atoms with van der Waals surface area (Å²) in [5.74, 6) is 0. The number of hydrogen-bond donors (Lipinski definition) is 1. The molecule has 0 amide bonds. The lowest BCUT2D eigenvalue weighted by atomic mass is 10.1. The maximum absolute atomic E-state index is 3.52. The van der Waals surface area contributed by atoms with Crippen LogP contribution in [0.3, 0.4) is 0 Å². The van der Waals surface area contributed by atoms with Crippen LogP contribution in [0.2, 0.25) is 0 Å². The largest absolute Gasteiger partial charge is 0.383 e. The minimum absolute atomic E-state index is 0.578. The molecule has 3 heteroatoms. The molecule has 1 saturated heterocycles. The first-order valence-electron chi connectivity index (χ1n) is 6.90. The van der Waals surface area contributed by atoms with Gasteiger partial charge in [0.2, 0.25) is 0 Å². The van der Waals surface area contributed by atoms with Crippen molar-refractivity contribution in [1.82, 2.24) is 9.80 Å². The van der Waals surface area contributed by atoms with Gasteiger partial charge in [0, 0.05) is 44.0 Å². The lowest BCUT2D eigenvalue weighted by molar-refractivity contribution is 0.0720. The van der Waals surface area contributed by atoms with E-state index in [1.54, 1.807) is 0 Å². The second-order valence-corrected chi connectivity index (χ2v) is 5.45. The minimum atomic E-state index is 0.578. The normalized spacial score (nSPS) is 23.8. The molecule has 1 aromatic rings. The molecule has 1 aliphatic heterocycles. The number of nitrogens with one attached hydrogen (secondary N) is 1. The summed E-state index contributed by atoms with van der Waals surface area (Å²) in [6.45, 7) is 9.19. The van der Waals surface area contributed by atoms with Crippen molar-refractivity contribution >= 4 is 5.69 Å². The first-order valence-corrected chi connectivity index (χ1v) is 6.90. The van der Waals surface area contributed by atoms with Crippen LogP contribution in [0.4, 0.5) is 5.69 Å². The standard InChI is InChI=1S/C15H25N3/c1-13(11-16-15-7-5-4-6-8-15)18-10-9-17(3)12-14(18)2/h4-8,13-14,16H,9-12H2,1-3H3. The Kier molecular flexibility index (Phi) is 4.61. The highest BCUT2D eigenvalue weighted by molar-refractivity contribution is 5.42. The predicted octanol–water partition coefficient (Wildman–Crippen LogP) is 2.12. The van der Waals surface area contributed by atoms with Gasteiger partial charge in [-0.3, -0.25) is 4.90 Å². The molecule has 100 valence electrons. The maximum Gasteiger partial charge on any atom is 0.0340 e. The van der Waals surface area contributed by atoms with E-state index in [1.807, 2.05) is 0 Å². The number of benzene rings is 1. The van der Waals surface area contributed by atoms with E-state index in [2.05, 4.69) is 66.3 Å². The minimum Gasteiger partial charge on any atom is -0.383 e. The molecule has 1 fully saturated rings. The first kappa shape index (κ1) is 13.4. The molecule has 1 heterocycles. The average molecular weight is 247 g/mol. The molecule has 2 rings (SSSR count). The van der Waals surface area contributed by atoms with Crippen LogP contribution in [0.25, 0.3) is 0 Å². The van der Waals surface area contributed by atoms with Crippen LogP contribution < -0.4 is 5.32 Å². The molecule has 18 heavy (non-hydrogen) atoms. The number of rotatable bonds is 4. The van der Waals surface area contributed by atoms with Crippen LogP contribution in [0.1, 0.15) is 13.8 Å². The first-order chi connectivity index (χ1) is 8.66. The van der Waals surface area contributed by atoms with Crippen molar-refractivity contribution in [3.63, 3.8) is 0 Å². The quantitative estimate of drug-likeness (QED) is 0.879. The monoisotopic (exact) mass is 247 g/mol. The van der Waals surface area contributed by atoms with Crippen molar-refractivity contribution in [2.45, 2.75) is 25.9 Å². The lowest BCUT2D eigenvalue weighted by Crippen LogP contribution is -2.55. The van der Waals surface area contributed by atoms with Crippen LogP contribution in [0.5, 0.6) is 0 Å². The molecule has 1 N–H and O–H groups in total. The number of para-hydroxylation sites is 1. The molecule has 1 aromatic carbocycles. The Labute approximate surface area is 111 Å². The Morgan fingerprint density at radius 1 is 1.28 bits per heavy atom. The van der Waals surface area contributed by atoms with E-state index in [0.717, 1.165) is 6.54 Å². The molecule has 0 spiro atoms. The number of anilines is 1. The summed E-state index contributed by atoms with van der Waals surface area (Å²) in [4.78, 5) is 5.02. The average Bonchev–Trinajstić information content (AvgIpc) is 2.37. The molecule has 1 aliphatic rings. The summed E-state index contributed by atoms with van der Waals surface area (Å²) >= 11 is 0. The molecule has 2 atom stereocenters. The summed E-state index contributed by atoms with van der Waals surface area (Å²) in [6.07, 6.45) is 0. The molecule has 3 nitrogen and oxygen atoms in total. The van der Waals surface area contributed by atoms with Gasteiger partial charge >= 0.3 is 0 Å². The summed E-state index contributed by atoms with van der Waals surface area (Å²) in [6, 6.07) is 11.7. The van der Waals surface area contributed by atoms with Gasteiger partial charge in [0.1, 0.15) is 0 Å². The topological polar surface area (TPSA) is 18.5 Å². The van der Waals surface area contributed by atoms with E-state index < -0.39 is 0 Å². The van der Waals surface area contributed by atoms with Crippen molar-refractivity contribution in [2.75, 3.05) is 38.5 Å². The zero-order valence-electron chi connectivity index (χ0n) is 11.8. The van der Waals surface area contributed by atoms with Gasteiger partial charge in [-0.2, -0.15) is 0 Å². The molecule has 0 aliphatic carbocycles. The number of piperazine rings is 1. The fourth-order valence-corrected chi connectivity index (χ4v) is 2.75. The fraction of sp³-hybridized carbons (Fsp3) is 0.600. The lowest BCUT2D eigenvalue weighted by Gasteiger charge is -2.41. The third-order valence-corrected chi connectivity index (χ3v) is 3.82. The highest BCUT2D eigenvalue weighted by atomic mass is 15.3. The van der Waals surface area contributed by atoms with Gasteiger partial charge in [0.25, 0.3) is 0 Å². The van der Waals surface area contributed by atoms with Crippen LogP contribution in [-0.2, 0) is 0 Å². The summed E-state index contributed by atoms with van der Waals surface area (Å²) in [7, 11) is 2.21. The fourth-order valence-electron chi connectivity index (χ4n) is 2.75. The Morgan fingerprint density at radius 2 is 2.00 bits per heavy atom. The summed E-state index contributed by atoms with van der Waals surface area (Å²) in [5.41, 5.74) is 1.21. The number of hydrogen-bond acceptors (Lipinski definition) is 3. The van der Waals surface area contributed by atoms with Crippen molar-refractivity contribution in [3.8, 4) is 0 Å². The van der Waals surface area contributed by atoms with Crippen molar-refractivity contribution in [2.24, 2.45) is 0 Å². The molecule has 0 bridgehead atoms. The predicted molar refractivity (Wildman–Crippen MR) is 78.1 cm³/mol. The van der Waals surface area contributed by atoms with Gasteiger partial charge in [-0.15, -0.1) is 0 Å². The van der Waals surface area contributed by atoms with Gasteiger partial charge in [-0.25, -0.2) is 0 Å². The second kappa shape index (κ2) is 6.21. The third kappa shape index (κ3) is 3.47. The second-order valence-electron chi connectivity index (χ2n) is 5.45. The number of nitrogens with zero attached hydrogens (tertiary/aromatic N) is 2. The van der Waals surface area contributed by atoms with E-state index in [9.17, 15) is 0 Å². The van der Waals surface area contributed by atoms with Crippen LogP contribution >= 0.6 is 0 Å². The van der Waals surface area contributed by atoms with Gasteiger partial charge < -0.3 is 10.2 Å². The Bertz CT molecular complexity index is 352. The Morgan fingerprint density at radius 3 is 2.67 bits per heavy atom. The molecule has 0 aromatic heterocycles. The summed E-state index contributed by atoms with van der Waals surface area (Å²) < 4.78 is 0. The van der Waals surface area contributed by atoms with Crippen LogP contribution in [-0.4, -0.2) is 55.1 Å². The van der Waals surface area contributed by atoms with Crippen molar-refractivity contribution in [1.29, 1.82) is 0 Å². The van der Waals surface area contributed by atoms with Gasteiger partial charge in [-0.05, 0) is 33.0 Å². The van der Waals surface area contributed by atoms with E-state index in [1.165, 1.54) is 25.3 Å². The maximum atomic E-state index is 3.52. The van der Waals surface area contributed by atoms with Crippen LogP contribution in [0.15, 0.2) is 30.3 Å². The molecular weight excluding hydrogens is 222 g/mol. The van der Waals surface area contributed by atoms with Gasteiger partial charge in [0.15, 0.2) is 0 Å². The molecular formula is C15H25N3. The van der Waals surface area contributed by atoms with Gasteiger partial charge in [0.05, 0.1) is 0 Å². The van der Waals surface area contributed by atoms with Crippen molar-refractivity contribution < 1.29 is 0 Å². The van der Waals surface area contributed by atoms with Gasteiger partial charge in [-0.1, -0.05) is 18.2 Å². The highest BCUT2D eigenvalue weighted by Gasteiger charge is 2.25. The smallest absolute Gasteiger partial charge is 0.0340 e. The highest BCUT2D eigenvalue weighted by Crippen LogP contribution is 2.13. The zero-order chi connectivity index (χ0) is 13.0. The Hall–Kier alpha value is -1.06. The Balaban J connectivity index is 1.82. The van der Waals surface area contributed by atoms with E-state index in [0.29, 0.717) is 12.1 Å². The molecule has 0 radical (unpaired) electrons. The van der Waals surface area contributed by atoms with Crippen molar-refractivity contribution in [3.05, 3.63) is 30.3 Å². The SMILES string of the molecule is CC(CNc1ccccc1)N1CCN(C)CC1C. The zero-order valence-corrected chi connectivity index (χ0v) is 11.8. The van der Waals surface area contributed by atoms with Crippen LogP contribution in [0, 0.1) is 0 Å². The van der Waals surface area contributed by atoms with E-state index >= 15 is 0 Å².